The zero-order chi connectivity index (χ0) is 14.5. The third-order valence-electron chi connectivity index (χ3n) is 3.05. The molecule has 0 aliphatic rings. The normalized spacial score (nSPS) is 10.8. The minimum Gasteiger partial charge on any atom is -0.469 e. The first-order valence-electron chi connectivity index (χ1n) is 6.73. The van der Waals surface area contributed by atoms with E-state index in [1.807, 2.05) is 30.3 Å². The average molecular weight is 273 g/mol. The van der Waals surface area contributed by atoms with Crippen LogP contribution >= 0.6 is 0 Å². The molecule has 0 aliphatic carbocycles. The van der Waals surface area contributed by atoms with E-state index in [0.29, 0.717) is 12.3 Å². The number of aromatic nitrogens is 1. The monoisotopic (exact) mass is 273 g/mol. The molecule has 0 saturated carbocycles. The smallest absolute Gasteiger partial charge is 0.306 e. The second-order valence-electron chi connectivity index (χ2n) is 4.92. The average Bonchev–Trinajstić information content (AvgIpc) is 2.90. The Morgan fingerprint density at radius 2 is 2.00 bits per heavy atom. The molecule has 1 heterocycles. The van der Waals surface area contributed by atoms with E-state index in [2.05, 4.69) is 23.6 Å². The van der Waals surface area contributed by atoms with Crippen LogP contribution in [-0.4, -0.2) is 18.1 Å². The molecule has 0 saturated heterocycles. The molecule has 0 fully saturated rings. The lowest BCUT2D eigenvalue weighted by molar-refractivity contribution is -0.140. The Hall–Kier alpha value is -2.10. The molecule has 4 heteroatoms. The Bertz CT molecular complexity index is 573. The van der Waals surface area contributed by atoms with Crippen molar-refractivity contribution >= 4 is 5.97 Å². The zero-order valence-electron chi connectivity index (χ0n) is 12.1. The van der Waals surface area contributed by atoms with Gasteiger partial charge in [0.15, 0.2) is 11.7 Å². The second-order valence-corrected chi connectivity index (χ2v) is 4.92. The molecule has 106 valence electrons. The van der Waals surface area contributed by atoms with Crippen LogP contribution in [0.25, 0.3) is 11.3 Å². The molecule has 1 aromatic carbocycles. The van der Waals surface area contributed by atoms with Crippen molar-refractivity contribution in [2.24, 2.45) is 0 Å². The summed E-state index contributed by atoms with van der Waals surface area (Å²) < 4.78 is 10.5. The van der Waals surface area contributed by atoms with Crippen LogP contribution < -0.4 is 0 Å². The molecule has 4 nitrogen and oxygen atoms in total. The van der Waals surface area contributed by atoms with E-state index in [-0.39, 0.29) is 18.3 Å². The molecule has 0 spiro atoms. The molecule has 0 aliphatic heterocycles. The van der Waals surface area contributed by atoms with E-state index in [1.165, 1.54) is 7.11 Å². The first kappa shape index (κ1) is 14.3. The van der Waals surface area contributed by atoms with Crippen LogP contribution in [0.15, 0.2) is 34.7 Å². The van der Waals surface area contributed by atoms with Crippen LogP contribution in [0.3, 0.4) is 0 Å². The highest BCUT2D eigenvalue weighted by Gasteiger charge is 2.18. The molecule has 0 amide bonds. The number of esters is 1. The summed E-state index contributed by atoms with van der Waals surface area (Å²) in [6.45, 7) is 4.16. The van der Waals surface area contributed by atoms with Crippen LogP contribution in [0, 0.1) is 0 Å². The Morgan fingerprint density at radius 3 is 2.60 bits per heavy atom. The molecule has 0 bridgehead atoms. The lowest BCUT2D eigenvalue weighted by atomic mass is 10.0. The first-order chi connectivity index (χ1) is 9.61. The standard InChI is InChI=1S/C16H19NO3/c1-11(2)15-16(12-7-5-4-6-8-12)20-13(17-15)9-10-14(18)19-3/h4-8,11H,9-10H2,1-3H3. The maximum atomic E-state index is 11.2. The van der Waals surface area contributed by atoms with E-state index in [4.69, 9.17) is 4.42 Å². The molecule has 0 atom stereocenters. The molecule has 0 N–H and O–H groups in total. The van der Waals surface area contributed by atoms with Crippen LogP contribution in [0.1, 0.15) is 37.8 Å². The Morgan fingerprint density at radius 1 is 1.30 bits per heavy atom. The summed E-state index contributed by atoms with van der Waals surface area (Å²) >= 11 is 0. The quantitative estimate of drug-likeness (QED) is 0.781. The predicted octanol–water partition coefficient (Wildman–Crippen LogP) is 3.57. The van der Waals surface area contributed by atoms with Crippen molar-refractivity contribution in [3.63, 3.8) is 0 Å². The van der Waals surface area contributed by atoms with Crippen molar-refractivity contribution in [3.05, 3.63) is 41.9 Å². The summed E-state index contributed by atoms with van der Waals surface area (Å²) in [6, 6.07) is 9.90. The summed E-state index contributed by atoms with van der Waals surface area (Å²) in [5.74, 6) is 1.38. The molecule has 1 aromatic heterocycles. The number of carbonyl (C=O) groups excluding carboxylic acids is 1. The second kappa shape index (κ2) is 6.37. The number of methoxy groups -OCH3 is 1. The van der Waals surface area contributed by atoms with Gasteiger partial charge in [0.2, 0.25) is 0 Å². The number of carbonyl (C=O) groups is 1. The van der Waals surface area contributed by atoms with Gasteiger partial charge >= 0.3 is 5.97 Å². The van der Waals surface area contributed by atoms with Crippen molar-refractivity contribution in [3.8, 4) is 11.3 Å². The molecule has 0 radical (unpaired) electrons. The molecule has 0 unspecified atom stereocenters. The minimum absolute atomic E-state index is 0.254. The van der Waals surface area contributed by atoms with Crippen molar-refractivity contribution < 1.29 is 13.9 Å². The third kappa shape index (κ3) is 3.26. The fraction of sp³-hybridized carbons (Fsp3) is 0.375. The van der Waals surface area contributed by atoms with E-state index < -0.39 is 0 Å². The van der Waals surface area contributed by atoms with Gasteiger partial charge < -0.3 is 9.15 Å². The number of hydrogen-bond donors (Lipinski definition) is 0. The maximum Gasteiger partial charge on any atom is 0.306 e. The van der Waals surface area contributed by atoms with Crippen LogP contribution in [0.5, 0.6) is 0 Å². The fourth-order valence-corrected chi connectivity index (χ4v) is 1.98. The lowest BCUT2D eigenvalue weighted by Gasteiger charge is -2.03. The summed E-state index contributed by atoms with van der Waals surface area (Å²) in [5, 5.41) is 0. The third-order valence-corrected chi connectivity index (χ3v) is 3.05. The summed E-state index contributed by atoms with van der Waals surface area (Å²) in [6.07, 6.45) is 0.738. The maximum absolute atomic E-state index is 11.2. The highest BCUT2D eigenvalue weighted by molar-refractivity contribution is 5.69. The molecule has 2 rings (SSSR count). The summed E-state index contributed by atoms with van der Waals surface area (Å²) in [4.78, 5) is 15.7. The van der Waals surface area contributed by atoms with Crippen molar-refractivity contribution in [1.29, 1.82) is 0 Å². The summed E-state index contributed by atoms with van der Waals surface area (Å²) in [7, 11) is 1.38. The summed E-state index contributed by atoms with van der Waals surface area (Å²) in [5.41, 5.74) is 1.93. The molecular weight excluding hydrogens is 254 g/mol. The number of aryl methyl sites for hydroxylation is 1. The number of hydrogen-bond acceptors (Lipinski definition) is 4. The topological polar surface area (TPSA) is 52.3 Å². The zero-order valence-corrected chi connectivity index (χ0v) is 12.1. The van der Waals surface area contributed by atoms with Gasteiger partial charge in [-0.15, -0.1) is 0 Å². The highest BCUT2D eigenvalue weighted by atomic mass is 16.5. The molecular formula is C16H19NO3. The Labute approximate surface area is 118 Å². The van der Waals surface area contributed by atoms with E-state index in [9.17, 15) is 4.79 Å². The highest BCUT2D eigenvalue weighted by Crippen LogP contribution is 2.30. The minimum atomic E-state index is -0.254. The van der Waals surface area contributed by atoms with Gasteiger partial charge in [0.05, 0.1) is 19.2 Å². The number of benzene rings is 1. The molecule has 2 aromatic rings. The first-order valence-corrected chi connectivity index (χ1v) is 6.73. The molecule has 20 heavy (non-hydrogen) atoms. The SMILES string of the molecule is COC(=O)CCc1nc(C(C)C)c(-c2ccccc2)o1. The van der Waals surface area contributed by atoms with Gasteiger partial charge in [-0.05, 0) is 5.92 Å². The van der Waals surface area contributed by atoms with Gasteiger partial charge in [-0.25, -0.2) is 4.98 Å². The van der Waals surface area contributed by atoms with Crippen LogP contribution in [-0.2, 0) is 16.0 Å². The van der Waals surface area contributed by atoms with Gasteiger partial charge in [-0.1, -0.05) is 44.2 Å². The van der Waals surface area contributed by atoms with Gasteiger partial charge in [-0.3, -0.25) is 4.79 Å². The lowest BCUT2D eigenvalue weighted by Crippen LogP contribution is -2.02. The largest absolute Gasteiger partial charge is 0.469 e. The number of oxazole rings is 1. The Balaban J connectivity index is 2.27. The Kier molecular flexibility index (Phi) is 4.56. The number of ether oxygens (including phenoxy) is 1. The van der Waals surface area contributed by atoms with E-state index in [1.54, 1.807) is 0 Å². The predicted molar refractivity (Wildman–Crippen MR) is 76.4 cm³/mol. The van der Waals surface area contributed by atoms with Crippen molar-refractivity contribution in [2.45, 2.75) is 32.6 Å². The van der Waals surface area contributed by atoms with Crippen LogP contribution in [0.4, 0.5) is 0 Å². The van der Waals surface area contributed by atoms with Crippen molar-refractivity contribution in [2.75, 3.05) is 7.11 Å². The van der Waals surface area contributed by atoms with Gasteiger partial charge in [0.1, 0.15) is 0 Å². The van der Waals surface area contributed by atoms with Gasteiger partial charge in [0.25, 0.3) is 0 Å². The number of nitrogens with zero attached hydrogens (tertiary/aromatic N) is 1. The van der Waals surface area contributed by atoms with Crippen LogP contribution in [0.2, 0.25) is 0 Å². The van der Waals surface area contributed by atoms with Gasteiger partial charge in [-0.2, -0.15) is 0 Å². The van der Waals surface area contributed by atoms with Gasteiger partial charge in [0, 0.05) is 12.0 Å². The van der Waals surface area contributed by atoms with E-state index in [0.717, 1.165) is 17.0 Å². The van der Waals surface area contributed by atoms with E-state index >= 15 is 0 Å². The van der Waals surface area contributed by atoms with Crippen molar-refractivity contribution in [1.82, 2.24) is 4.98 Å². The number of rotatable bonds is 5. The fourth-order valence-electron chi connectivity index (χ4n) is 1.98.